The molecule has 0 aromatic carbocycles. The normalized spacial score (nSPS) is 24.6. The monoisotopic (exact) mass is 252 g/mol. The third-order valence-electron chi connectivity index (χ3n) is 4.38. The summed E-state index contributed by atoms with van der Waals surface area (Å²) < 4.78 is 0. The molecule has 2 fully saturated rings. The van der Waals surface area contributed by atoms with Crippen LogP contribution in [0.5, 0.6) is 0 Å². The summed E-state index contributed by atoms with van der Waals surface area (Å²) in [4.78, 5) is 7.04. The second kappa shape index (κ2) is 6.98. The van der Waals surface area contributed by atoms with Crippen LogP contribution in [0.1, 0.15) is 45.4 Å². The van der Waals surface area contributed by atoms with Crippen LogP contribution in [0.25, 0.3) is 0 Å². The van der Waals surface area contributed by atoms with Gasteiger partial charge >= 0.3 is 0 Å². The van der Waals surface area contributed by atoms with E-state index >= 15 is 0 Å². The number of likely N-dealkylation sites (tertiary alicyclic amines) is 1. The van der Waals surface area contributed by atoms with E-state index in [2.05, 4.69) is 22.1 Å². The van der Waals surface area contributed by atoms with E-state index in [4.69, 9.17) is 5.73 Å². The summed E-state index contributed by atoms with van der Waals surface area (Å²) in [5.41, 5.74) is 5.95. The lowest BCUT2D eigenvalue weighted by atomic mass is 9.97. The molecular formula is C14H28N4. The summed E-state index contributed by atoms with van der Waals surface area (Å²) in [5.74, 6) is 1.40. The molecule has 18 heavy (non-hydrogen) atoms. The first-order chi connectivity index (χ1) is 8.78. The van der Waals surface area contributed by atoms with E-state index in [0.717, 1.165) is 12.5 Å². The van der Waals surface area contributed by atoms with E-state index in [1.165, 1.54) is 58.2 Å². The summed E-state index contributed by atoms with van der Waals surface area (Å²) >= 11 is 0. The first kappa shape index (κ1) is 13.7. The Labute approximate surface area is 111 Å². The lowest BCUT2D eigenvalue weighted by Gasteiger charge is -2.30. The molecule has 0 aromatic heterocycles. The summed E-state index contributed by atoms with van der Waals surface area (Å²) in [7, 11) is 0. The number of nitrogens with zero attached hydrogens (tertiary/aromatic N) is 2. The standard InChI is InChI=1S/C14H28N4/c1-2-18-9-7-12(8-10-18)11-16-14(15)17-13-5-3-4-6-13/h12-13H,2-11H2,1H3,(H3,15,16,17). The van der Waals surface area contributed by atoms with Crippen LogP contribution in [0.2, 0.25) is 0 Å². The van der Waals surface area contributed by atoms with Gasteiger partial charge < -0.3 is 16.0 Å². The number of hydrogen-bond donors (Lipinski definition) is 2. The molecule has 4 nitrogen and oxygen atoms in total. The van der Waals surface area contributed by atoms with Crippen molar-refractivity contribution in [2.24, 2.45) is 16.6 Å². The SMILES string of the molecule is CCN1CCC(CN=C(N)NC2CCCC2)CC1. The quantitative estimate of drug-likeness (QED) is 0.590. The lowest BCUT2D eigenvalue weighted by Crippen LogP contribution is -2.39. The average molecular weight is 252 g/mol. The van der Waals surface area contributed by atoms with E-state index in [-0.39, 0.29) is 0 Å². The van der Waals surface area contributed by atoms with Gasteiger partial charge in [-0.15, -0.1) is 0 Å². The Balaban J connectivity index is 1.66. The Morgan fingerprint density at radius 1 is 1.22 bits per heavy atom. The maximum Gasteiger partial charge on any atom is 0.188 e. The number of piperidine rings is 1. The molecule has 1 aliphatic carbocycles. The fourth-order valence-corrected chi connectivity index (χ4v) is 3.04. The highest BCUT2D eigenvalue weighted by Gasteiger charge is 2.18. The van der Waals surface area contributed by atoms with Gasteiger partial charge in [0.05, 0.1) is 0 Å². The Morgan fingerprint density at radius 2 is 1.89 bits per heavy atom. The van der Waals surface area contributed by atoms with Crippen molar-refractivity contribution in [3.63, 3.8) is 0 Å². The molecule has 0 spiro atoms. The highest BCUT2D eigenvalue weighted by atomic mass is 15.1. The highest BCUT2D eigenvalue weighted by Crippen LogP contribution is 2.18. The van der Waals surface area contributed by atoms with Crippen LogP contribution in [0, 0.1) is 5.92 Å². The van der Waals surface area contributed by atoms with Crippen molar-refractivity contribution in [3.8, 4) is 0 Å². The molecule has 0 radical (unpaired) electrons. The zero-order valence-corrected chi connectivity index (χ0v) is 11.7. The van der Waals surface area contributed by atoms with E-state index in [9.17, 15) is 0 Å². The number of rotatable bonds is 4. The predicted octanol–water partition coefficient (Wildman–Crippen LogP) is 1.57. The van der Waals surface area contributed by atoms with Gasteiger partial charge in [-0.1, -0.05) is 19.8 Å². The van der Waals surface area contributed by atoms with Crippen LogP contribution in [0.3, 0.4) is 0 Å². The first-order valence-corrected chi connectivity index (χ1v) is 7.56. The minimum Gasteiger partial charge on any atom is -0.370 e. The average Bonchev–Trinajstić information content (AvgIpc) is 2.90. The van der Waals surface area contributed by atoms with Gasteiger partial charge in [-0.25, -0.2) is 0 Å². The first-order valence-electron chi connectivity index (χ1n) is 7.56. The number of nitrogens with two attached hydrogens (primary N) is 1. The van der Waals surface area contributed by atoms with Crippen molar-refractivity contribution < 1.29 is 0 Å². The van der Waals surface area contributed by atoms with E-state index in [1.807, 2.05) is 0 Å². The fraction of sp³-hybridized carbons (Fsp3) is 0.929. The summed E-state index contributed by atoms with van der Waals surface area (Å²) in [6.45, 7) is 6.78. The fourth-order valence-electron chi connectivity index (χ4n) is 3.04. The Hall–Kier alpha value is -0.770. The Morgan fingerprint density at radius 3 is 2.50 bits per heavy atom. The van der Waals surface area contributed by atoms with Crippen LogP contribution in [-0.2, 0) is 0 Å². The van der Waals surface area contributed by atoms with Gasteiger partial charge in [0.25, 0.3) is 0 Å². The van der Waals surface area contributed by atoms with E-state index < -0.39 is 0 Å². The van der Waals surface area contributed by atoms with Crippen molar-refractivity contribution in [2.45, 2.75) is 51.5 Å². The van der Waals surface area contributed by atoms with Gasteiger partial charge in [0.2, 0.25) is 0 Å². The molecule has 1 aliphatic heterocycles. The predicted molar refractivity (Wildman–Crippen MR) is 76.7 cm³/mol. The van der Waals surface area contributed by atoms with Crippen molar-refractivity contribution in [3.05, 3.63) is 0 Å². The molecule has 1 heterocycles. The van der Waals surface area contributed by atoms with Gasteiger partial charge in [-0.05, 0) is 51.2 Å². The summed E-state index contributed by atoms with van der Waals surface area (Å²) in [5, 5.41) is 3.36. The number of nitrogens with one attached hydrogen (secondary N) is 1. The van der Waals surface area contributed by atoms with Crippen LogP contribution in [0.4, 0.5) is 0 Å². The molecular weight excluding hydrogens is 224 g/mol. The minimum absolute atomic E-state index is 0.579. The highest BCUT2D eigenvalue weighted by molar-refractivity contribution is 5.78. The van der Waals surface area contributed by atoms with Crippen molar-refractivity contribution in [2.75, 3.05) is 26.2 Å². The van der Waals surface area contributed by atoms with Gasteiger partial charge in [0, 0.05) is 12.6 Å². The molecule has 0 atom stereocenters. The van der Waals surface area contributed by atoms with Crippen molar-refractivity contribution in [1.29, 1.82) is 0 Å². The Kier molecular flexibility index (Phi) is 5.29. The van der Waals surface area contributed by atoms with Gasteiger partial charge in [-0.2, -0.15) is 0 Å². The van der Waals surface area contributed by atoms with Gasteiger partial charge in [-0.3, -0.25) is 4.99 Å². The van der Waals surface area contributed by atoms with E-state index in [0.29, 0.717) is 12.0 Å². The molecule has 1 saturated carbocycles. The number of aliphatic imine (C=N–C) groups is 1. The van der Waals surface area contributed by atoms with Gasteiger partial charge in [0.1, 0.15) is 0 Å². The van der Waals surface area contributed by atoms with Crippen LogP contribution in [-0.4, -0.2) is 43.1 Å². The molecule has 0 unspecified atom stereocenters. The Bertz CT molecular complexity index is 263. The second-order valence-electron chi connectivity index (χ2n) is 5.73. The van der Waals surface area contributed by atoms with Gasteiger partial charge in [0.15, 0.2) is 5.96 Å². The largest absolute Gasteiger partial charge is 0.370 e. The molecule has 2 aliphatic rings. The third-order valence-corrected chi connectivity index (χ3v) is 4.38. The van der Waals surface area contributed by atoms with Crippen LogP contribution in [0.15, 0.2) is 4.99 Å². The molecule has 0 bridgehead atoms. The lowest BCUT2D eigenvalue weighted by molar-refractivity contribution is 0.196. The summed E-state index contributed by atoms with van der Waals surface area (Å²) in [6, 6.07) is 0.579. The molecule has 1 saturated heterocycles. The number of hydrogen-bond acceptors (Lipinski definition) is 2. The molecule has 0 amide bonds. The number of guanidine groups is 1. The zero-order chi connectivity index (χ0) is 12.8. The molecule has 3 N–H and O–H groups in total. The molecule has 2 rings (SSSR count). The molecule has 0 aromatic rings. The molecule has 104 valence electrons. The van der Waals surface area contributed by atoms with Crippen LogP contribution < -0.4 is 11.1 Å². The third kappa shape index (κ3) is 4.16. The molecule has 4 heteroatoms. The zero-order valence-electron chi connectivity index (χ0n) is 11.7. The van der Waals surface area contributed by atoms with Crippen molar-refractivity contribution in [1.82, 2.24) is 10.2 Å². The maximum atomic E-state index is 5.95. The minimum atomic E-state index is 0.579. The van der Waals surface area contributed by atoms with Crippen LogP contribution >= 0.6 is 0 Å². The van der Waals surface area contributed by atoms with E-state index in [1.54, 1.807) is 0 Å². The maximum absolute atomic E-state index is 5.95. The van der Waals surface area contributed by atoms with Crippen molar-refractivity contribution >= 4 is 5.96 Å². The summed E-state index contributed by atoms with van der Waals surface area (Å²) in [6.07, 6.45) is 7.72. The smallest absolute Gasteiger partial charge is 0.188 e. The second-order valence-corrected chi connectivity index (χ2v) is 5.73. The topological polar surface area (TPSA) is 53.6 Å².